The van der Waals surface area contributed by atoms with Crippen LogP contribution in [0.15, 0.2) is 41.1 Å². The number of benzene rings is 1. The maximum atomic E-state index is 13.6. The number of hydrogen-bond acceptors (Lipinski definition) is 3. The summed E-state index contributed by atoms with van der Waals surface area (Å²) < 4.78 is 14.2. The number of anilines is 1. The van der Waals surface area contributed by atoms with Gasteiger partial charge in [-0.15, -0.1) is 0 Å². The fourth-order valence-electron chi connectivity index (χ4n) is 1.39. The van der Waals surface area contributed by atoms with Crippen LogP contribution in [0, 0.1) is 17.1 Å². The van der Waals surface area contributed by atoms with E-state index in [0.717, 1.165) is 6.07 Å². The van der Waals surface area contributed by atoms with Gasteiger partial charge < -0.3 is 5.32 Å². The van der Waals surface area contributed by atoms with Crippen molar-refractivity contribution in [2.75, 3.05) is 5.32 Å². The van der Waals surface area contributed by atoms with Crippen LogP contribution in [0.4, 0.5) is 10.1 Å². The van der Waals surface area contributed by atoms with Gasteiger partial charge in [0.15, 0.2) is 0 Å². The Morgan fingerprint density at radius 2 is 2.16 bits per heavy atom. The third kappa shape index (κ3) is 3.14. The summed E-state index contributed by atoms with van der Waals surface area (Å²) >= 11 is 3.16. The van der Waals surface area contributed by atoms with Crippen LogP contribution in [0.5, 0.6) is 0 Å². The molecule has 2 rings (SSSR count). The molecule has 6 heteroatoms. The van der Waals surface area contributed by atoms with Gasteiger partial charge in [-0.05, 0) is 46.3 Å². The van der Waals surface area contributed by atoms with Gasteiger partial charge in [0.2, 0.25) is 0 Å². The van der Waals surface area contributed by atoms with E-state index < -0.39 is 11.7 Å². The van der Waals surface area contributed by atoms with Crippen molar-refractivity contribution in [1.29, 1.82) is 5.26 Å². The minimum absolute atomic E-state index is 0.0203. The molecular formula is C13H7BrFN3O. The zero-order chi connectivity index (χ0) is 13.8. The predicted octanol–water partition coefficient (Wildman–Crippen LogP) is 3.11. The van der Waals surface area contributed by atoms with Crippen molar-refractivity contribution in [3.05, 3.63) is 58.1 Å². The van der Waals surface area contributed by atoms with Crippen LogP contribution >= 0.6 is 15.9 Å². The Hall–Kier alpha value is -2.26. The first-order valence-corrected chi connectivity index (χ1v) is 6.02. The number of nitrogens with zero attached hydrogens (tertiary/aromatic N) is 2. The summed E-state index contributed by atoms with van der Waals surface area (Å²) in [5.41, 5.74) is 0.527. The minimum Gasteiger partial charge on any atom is -0.319 e. The van der Waals surface area contributed by atoms with Crippen LogP contribution < -0.4 is 5.32 Å². The first kappa shape index (κ1) is 13.2. The Morgan fingerprint density at radius 1 is 1.37 bits per heavy atom. The van der Waals surface area contributed by atoms with Crippen molar-refractivity contribution in [2.45, 2.75) is 0 Å². The molecule has 4 nitrogen and oxygen atoms in total. The fourth-order valence-corrected chi connectivity index (χ4v) is 1.63. The summed E-state index contributed by atoms with van der Waals surface area (Å²) in [6, 6.07) is 8.84. The van der Waals surface area contributed by atoms with Crippen molar-refractivity contribution < 1.29 is 9.18 Å². The second-order valence-corrected chi connectivity index (χ2v) is 4.44. The van der Waals surface area contributed by atoms with Crippen molar-refractivity contribution >= 4 is 27.5 Å². The Morgan fingerprint density at radius 3 is 2.74 bits per heavy atom. The average Bonchev–Trinajstić information content (AvgIpc) is 2.41. The number of pyridine rings is 1. The Kier molecular flexibility index (Phi) is 3.88. The maximum absolute atomic E-state index is 13.6. The van der Waals surface area contributed by atoms with E-state index >= 15 is 0 Å². The molecule has 0 atom stereocenters. The highest BCUT2D eigenvalue weighted by Gasteiger charge is 2.10. The van der Waals surface area contributed by atoms with Crippen LogP contribution in [-0.4, -0.2) is 10.9 Å². The molecule has 1 heterocycles. The molecule has 1 aromatic carbocycles. The highest BCUT2D eigenvalue weighted by Crippen LogP contribution is 2.16. The zero-order valence-electron chi connectivity index (χ0n) is 9.52. The van der Waals surface area contributed by atoms with Crippen LogP contribution in [-0.2, 0) is 0 Å². The van der Waals surface area contributed by atoms with E-state index in [9.17, 15) is 9.18 Å². The van der Waals surface area contributed by atoms with E-state index in [4.69, 9.17) is 5.26 Å². The highest BCUT2D eigenvalue weighted by molar-refractivity contribution is 9.10. The van der Waals surface area contributed by atoms with Crippen molar-refractivity contribution in [1.82, 2.24) is 4.98 Å². The summed E-state index contributed by atoms with van der Waals surface area (Å²) in [6.45, 7) is 0. The molecule has 0 aliphatic heterocycles. The monoisotopic (exact) mass is 319 g/mol. The molecule has 94 valence electrons. The molecule has 0 unspecified atom stereocenters. The normalized spacial score (nSPS) is 9.74. The summed E-state index contributed by atoms with van der Waals surface area (Å²) in [5, 5.41) is 11.0. The number of carbonyl (C=O) groups excluding carboxylic acids is 1. The first-order valence-electron chi connectivity index (χ1n) is 5.22. The lowest BCUT2D eigenvalue weighted by atomic mass is 10.2. The Balaban J connectivity index is 2.20. The lowest BCUT2D eigenvalue weighted by molar-refractivity contribution is 0.102. The molecule has 0 saturated heterocycles. The van der Waals surface area contributed by atoms with Gasteiger partial charge in [-0.25, -0.2) is 9.37 Å². The smallest absolute Gasteiger partial charge is 0.257 e. The number of rotatable bonds is 2. The fraction of sp³-hybridized carbons (Fsp3) is 0. The second-order valence-electron chi connectivity index (χ2n) is 3.63. The van der Waals surface area contributed by atoms with Gasteiger partial charge in [0.25, 0.3) is 5.91 Å². The number of nitrogens with one attached hydrogen (secondary N) is 1. The van der Waals surface area contributed by atoms with E-state index in [0.29, 0.717) is 10.2 Å². The van der Waals surface area contributed by atoms with Gasteiger partial charge in [0.05, 0.1) is 22.9 Å². The highest BCUT2D eigenvalue weighted by atomic mass is 79.9. The number of amides is 1. The third-order valence-electron chi connectivity index (χ3n) is 2.34. The zero-order valence-corrected chi connectivity index (χ0v) is 11.1. The molecule has 1 amide bonds. The maximum Gasteiger partial charge on any atom is 0.257 e. The van der Waals surface area contributed by atoms with E-state index in [1.54, 1.807) is 12.1 Å². The molecule has 0 aliphatic rings. The minimum atomic E-state index is -0.655. The van der Waals surface area contributed by atoms with Gasteiger partial charge in [-0.3, -0.25) is 4.79 Å². The lowest BCUT2D eigenvalue weighted by Crippen LogP contribution is -2.13. The van der Waals surface area contributed by atoms with Crippen LogP contribution in [0.3, 0.4) is 0 Å². The van der Waals surface area contributed by atoms with E-state index in [1.807, 2.05) is 6.07 Å². The molecular weight excluding hydrogens is 313 g/mol. The van der Waals surface area contributed by atoms with Gasteiger partial charge in [-0.1, -0.05) is 0 Å². The summed E-state index contributed by atoms with van der Waals surface area (Å²) in [6.07, 6.45) is 1.38. The summed E-state index contributed by atoms with van der Waals surface area (Å²) in [4.78, 5) is 15.7. The third-order valence-corrected chi connectivity index (χ3v) is 2.81. The largest absolute Gasteiger partial charge is 0.319 e. The number of carbonyl (C=O) groups is 1. The quantitative estimate of drug-likeness (QED) is 0.865. The number of hydrogen-bond donors (Lipinski definition) is 1. The Labute approximate surface area is 117 Å². The van der Waals surface area contributed by atoms with E-state index in [1.165, 1.54) is 18.3 Å². The molecule has 1 N–H and O–H groups in total. The lowest BCUT2D eigenvalue weighted by Gasteiger charge is -2.06. The first-order chi connectivity index (χ1) is 9.10. The van der Waals surface area contributed by atoms with Crippen molar-refractivity contribution in [3.63, 3.8) is 0 Å². The molecule has 0 fully saturated rings. The van der Waals surface area contributed by atoms with Crippen LogP contribution in [0.25, 0.3) is 0 Å². The standard InChI is InChI=1S/C13H7BrFN3O/c14-12-4-2-9(7-17-12)13(19)18-11-3-1-8(6-16)5-10(11)15/h1-5,7H,(H,18,19). The van der Waals surface area contributed by atoms with Gasteiger partial charge >= 0.3 is 0 Å². The molecule has 0 bridgehead atoms. The van der Waals surface area contributed by atoms with Crippen LogP contribution in [0.2, 0.25) is 0 Å². The van der Waals surface area contributed by atoms with E-state index in [-0.39, 0.29) is 11.3 Å². The molecule has 2 aromatic rings. The molecule has 0 saturated carbocycles. The molecule has 0 radical (unpaired) electrons. The van der Waals surface area contributed by atoms with E-state index in [2.05, 4.69) is 26.2 Å². The summed E-state index contributed by atoms with van der Waals surface area (Å²) in [5.74, 6) is -1.12. The molecule has 19 heavy (non-hydrogen) atoms. The topological polar surface area (TPSA) is 65.8 Å². The van der Waals surface area contributed by atoms with Crippen molar-refractivity contribution in [3.8, 4) is 6.07 Å². The molecule has 0 aliphatic carbocycles. The Bertz CT molecular complexity index is 665. The average molecular weight is 320 g/mol. The van der Waals surface area contributed by atoms with Crippen molar-refractivity contribution in [2.24, 2.45) is 0 Å². The number of nitriles is 1. The van der Waals surface area contributed by atoms with Crippen LogP contribution in [0.1, 0.15) is 15.9 Å². The SMILES string of the molecule is N#Cc1ccc(NC(=O)c2ccc(Br)nc2)c(F)c1. The second kappa shape index (κ2) is 5.59. The van der Waals surface area contributed by atoms with Gasteiger partial charge in [0, 0.05) is 6.20 Å². The predicted molar refractivity (Wildman–Crippen MR) is 71.0 cm³/mol. The number of aromatic nitrogens is 1. The van der Waals surface area contributed by atoms with Gasteiger partial charge in [0.1, 0.15) is 10.4 Å². The molecule has 1 aromatic heterocycles. The number of halogens is 2. The van der Waals surface area contributed by atoms with Gasteiger partial charge in [-0.2, -0.15) is 5.26 Å². The summed E-state index contributed by atoms with van der Waals surface area (Å²) in [7, 11) is 0. The molecule has 0 spiro atoms.